The third-order valence-corrected chi connectivity index (χ3v) is 3.87. The van der Waals surface area contributed by atoms with E-state index in [2.05, 4.69) is 0 Å². The third-order valence-electron chi connectivity index (χ3n) is 3.87. The summed E-state index contributed by atoms with van der Waals surface area (Å²) in [6.07, 6.45) is 3.19. The van der Waals surface area contributed by atoms with Gasteiger partial charge in [-0.15, -0.1) is 0 Å². The normalized spacial score (nSPS) is 11.1. The summed E-state index contributed by atoms with van der Waals surface area (Å²) in [6, 6.07) is 15.4. The molecule has 2 heterocycles. The molecule has 23 heavy (non-hydrogen) atoms. The number of hydrogen-bond acceptors (Lipinski definition) is 4. The first-order chi connectivity index (χ1) is 11.2. The van der Waals surface area contributed by atoms with Crippen LogP contribution in [0.15, 0.2) is 57.4 Å². The van der Waals surface area contributed by atoms with Gasteiger partial charge >= 0.3 is 0 Å². The molecule has 4 aromatic rings. The number of fused-ring (bicyclic) bond motifs is 2. The molecule has 0 spiro atoms. The molecule has 0 amide bonds. The Hall–Kier alpha value is -3.14. The fourth-order valence-corrected chi connectivity index (χ4v) is 2.73. The van der Waals surface area contributed by atoms with Crippen LogP contribution in [0.3, 0.4) is 0 Å². The lowest BCUT2D eigenvalue weighted by molar-refractivity contribution is 0.512. The Labute approximate surface area is 132 Å². The molecule has 0 fully saturated rings. The van der Waals surface area contributed by atoms with Crippen molar-refractivity contribution in [1.82, 2.24) is 0 Å². The zero-order chi connectivity index (χ0) is 15.8. The number of rotatable bonds is 4. The monoisotopic (exact) mass is 302 g/mol. The highest BCUT2D eigenvalue weighted by Gasteiger charge is 2.09. The molecule has 4 nitrogen and oxygen atoms in total. The van der Waals surface area contributed by atoms with Crippen molar-refractivity contribution < 1.29 is 8.83 Å². The highest BCUT2D eigenvalue weighted by molar-refractivity contribution is 5.88. The van der Waals surface area contributed by atoms with Crippen molar-refractivity contribution in [2.75, 3.05) is 0 Å². The summed E-state index contributed by atoms with van der Waals surface area (Å²) in [5.74, 6) is 1.65. The van der Waals surface area contributed by atoms with Gasteiger partial charge in [-0.3, -0.25) is 0 Å². The van der Waals surface area contributed by atoms with Gasteiger partial charge in [-0.1, -0.05) is 24.3 Å². The van der Waals surface area contributed by atoms with Crippen molar-refractivity contribution in [3.05, 3.63) is 71.2 Å². The quantitative estimate of drug-likeness (QED) is 0.533. The predicted molar refractivity (Wildman–Crippen MR) is 91.0 cm³/mol. The van der Waals surface area contributed by atoms with Crippen molar-refractivity contribution in [2.45, 2.75) is 6.42 Å². The maximum Gasteiger partial charge on any atom is 0.134 e. The van der Waals surface area contributed by atoms with E-state index in [1.54, 1.807) is 0 Å². The molecule has 0 saturated carbocycles. The topological polar surface area (TPSA) is 74.0 Å². The van der Waals surface area contributed by atoms with E-state index in [4.69, 9.17) is 19.7 Å². The van der Waals surface area contributed by atoms with Gasteiger partial charge in [0.1, 0.15) is 22.7 Å². The molecule has 0 aliphatic heterocycles. The second-order valence-electron chi connectivity index (χ2n) is 5.49. The number of benzene rings is 2. The van der Waals surface area contributed by atoms with Crippen molar-refractivity contribution in [3.63, 3.8) is 0 Å². The van der Waals surface area contributed by atoms with E-state index < -0.39 is 0 Å². The van der Waals surface area contributed by atoms with Gasteiger partial charge in [-0.05, 0) is 35.4 Å². The van der Waals surface area contributed by atoms with E-state index in [1.807, 2.05) is 48.5 Å². The Bertz CT molecular complexity index is 956. The van der Waals surface area contributed by atoms with E-state index in [0.717, 1.165) is 44.6 Å². The number of nitrogens with one attached hydrogen (secondary N) is 2. The highest BCUT2D eigenvalue weighted by atomic mass is 16.4. The minimum absolute atomic E-state index is 0.573. The zero-order valence-electron chi connectivity index (χ0n) is 12.3. The summed E-state index contributed by atoms with van der Waals surface area (Å²) in [4.78, 5) is 0. The first kappa shape index (κ1) is 13.5. The summed E-state index contributed by atoms with van der Waals surface area (Å²) >= 11 is 0. The third kappa shape index (κ3) is 2.44. The molecule has 0 unspecified atom stereocenters. The molecule has 4 rings (SSSR count). The summed E-state index contributed by atoms with van der Waals surface area (Å²) in [5.41, 5.74) is 3.20. The lowest BCUT2D eigenvalue weighted by Gasteiger charge is -1.92. The Kier molecular flexibility index (Phi) is 3.08. The van der Waals surface area contributed by atoms with Gasteiger partial charge in [-0.25, -0.2) is 0 Å². The first-order valence-corrected chi connectivity index (χ1v) is 7.31. The highest BCUT2D eigenvalue weighted by Crippen LogP contribution is 2.26. The fourth-order valence-electron chi connectivity index (χ4n) is 2.73. The van der Waals surface area contributed by atoms with E-state index in [-0.39, 0.29) is 0 Å². The van der Waals surface area contributed by atoms with Crippen LogP contribution in [0.5, 0.6) is 0 Å². The molecule has 2 aromatic heterocycles. The van der Waals surface area contributed by atoms with Gasteiger partial charge in [0.05, 0.1) is 6.42 Å². The molecular weight excluding hydrogens is 288 g/mol. The van der Waals surface area contributed by atoms with Gasteiger partial charge in [0.2, 0.25) is 0 Å². The van der Waals surface area contributed by atoms with Crippen LogP contribution in [0, 0.1) is 10.8 Å². The van der Waals surface area contributed by atoms with E-state index in [1.165, 1.54) is 12.4 Å². The molecular formula is C19H14N2O2. The van der Waals surface area contributed by atoms with Crippen molar-refractivity contribution >= 4 is 34.4 Å². The molecule has 0 aliphatic rings. The van der Waals surface area contributed by atoms with Crippen LogP contribution in [0.2, 0.25) is 0 Å². The summed E-state index contributed by atoms with van der Waals surface area (Å²) in [7, 11) is 0. The minimum atomic E-state index is 0.573. The molecule has 0 atom stereocenters. The van der Waals surface area contributed by atoms with Gasteiger partial charge in [0, 0.05) is 23.2 Å². The maximum atomic E-state index is 7.30. The number of hydrogen-bond donors (Lipinski definition) is 2. The maximum absolute atomic E-state index is 7.30. The second kappa shape index (κ2) is 5.25. The standard InChI is InChI=1S/C19H14N2O2/c20-10-12-1-3-14-7-16(22-18(14)5-12)9-17-8-15-4-2-13(11-21)6-19(15)23-17/h1-8,10-11,20-21H,9H2. The lowest BCUT2D eigenvalue weighted by Crippen LogP contribution is -1.80. The zero-order valence-corrected chi connectivity index (χ0v) is 12.3. The van der Waals surface area contributed by atoms with Gasteiger partial charge < -0.3 is 19.7 Å². The Morgan fingerprint density at radius 1 is 0.696 bits per heavy atom. The Balaban J connectivity index is 1.69. The van der Waals surface area contributed by atoms with E-state index in [0.29, 0.717) is 6.42 Å². The largest absolute Gasteiger partial charge is 0.461 e. The molecule has 2 N–H and O–H groups in total. The molecule has 2 aromatic carbocycles. The molecule has 112 valence electrons. The van der Waals surface area contributed by atoms with Crippen LogP contribution in [0.4, 0.5) is 0 Å². The first-order valence-electron chi connectivity index (χ1n) is 7.31. The SMILES string of the molecule is N=Cc1ccc2cc(Cc3cc4ccc(C=N)cc4o3)oc2c1. The van der Waals surface area contributed by atoms with Crippen LogP contribution < -0.4 is 0 Å². The number of furan rings is 2. The molecule has 0 bridgehead atoms. The summed E-state index contributed by atoms with van der Waals surface area (Å²) < 4.78 is 11.7. The second-order valence-corrected chi connectivity index (χ2v) is 5.49. The van der Waals surface area contributed by atoms with Gasteiger partial charge in [0.25, 0.3) is 0 Å². The predicted octanol–water partition coefficient (Wildman–Crippen LogP) is 4.77. The van der Waals surface area contributed by atoms with Gasteiger partial charge in [0.15, 0.2) is 0 Å². The average Bonchev–Trinajstić information content (AvgIpc) is 3.15. The molecule has 4 heteroatoms. The van der Waals surface area contributed by atoms with E-state index in [9.17, 15) is 0 Å². The van der Waals surface area contributed by atoms with Crippen molar-refractivity contribution in [1.29, 1.82) is 10.8 Å². The Morgan fingerprint density at radius 3 is 1.61 bits per heavy atom. The fraction of sp³-hybridized carbons (Fsp3) is 0.0526. The molecule has 0 aliphatic carbocycles. The summed E-state index contributed by atoms with van der Waals surface area (Å²) in [6.45, 7) is 0. The lowest BCUT2D eigenvalue weighted by atomic mass is 10.1. The minimum Gasteiger partial charge on any atom is -0.461 e. The van der Waals surface area contributed by atoms with Crippen LogP contribution in [-0.2, 0) is 6.42 Å². The summed E-state index contributed by atoms with van der Waals surface area (Å²) in [5, 5.41) is 16.6. The van der Waals surface area contributed by atoms with E-state index >= 15 is 0 Å². The van der Waals surface area contributed by atoms with Crippen LogP contribution >= 0.6 is 0 Å². The smallest absolute Gasteiger partial charge is 0.134 e. The van der Waals surface area contributed by atoms with Crippen LogP contribution in [0.25, 0.3) is 21.9 Å². The molecule has 0 radical (unpaired) electrons. The average molecular weight is 302 g/mol. The van der Waals surface area contributed by atoms with Crippen molar-refractivity contribution in [2.24, 2.45) is 0 Å². The van der Waals surface area contributed by atoms with Crippen LogP contribution in [0.1, 0.15) is 22.6 Å². The molecule has 0 saturated heterocycles. The van der Waals surface area contributed by atoms with Crippen LogP contribution in [-0.4, -0.2) is 12.4 Å². The van der Waals surface area contributed by atoms with Gasteiger partial charge in [-0.2, -0.15) is 0 Å². The Morgan fingerprint density at radius 2 is 1.17 bits per heavy atom. The van der Waals surface area contributed by atoms with Crippen molar-refractivity contribution in [3.8, 4) is 0 Å².